The maximum atomic E-state index is 6.07. The zero-order valence-electron chi connectivity index (χ0n) is 11.0. The highest BCUT2D eigenvalue weighted by molar-refractivity contribution is 7.10. The number of thiophene rings is 1. The molecular weight excluding hydrogens is 274 g/mol. The van der Waals surface area contributed by atoms with Gasteiger partial charge >= 0.3 is 0 Å². The summed E-state index contributed by atoms with van der Waals surface area (Å²) in [4.78, 5) is 1.56. The molecule has 1 aromatic heterocycles. The third-order valence-corrected chi connectivity index (χ3v) is 5.08. The average Bonchev–Trinajstić information content (AvgIpc) is 2.88. The van der Waals surface area contributed by atoms with Crippen molar-refractivity contribution < 1.29 is 0 Å². The standard InChI is InChI=1S/C16H18ClNS/c1-11(12-4-2-5-13(17)10-12)18-15-6-3-7-16-14(15)8-9-19-16/h2,4-5,8-11,15,18H,3,6-7H2,1H3. The third-order valence-electron chi connectivity index (χ3n) is 3.85. The van der Waals surface area contributed by atoms with Crippen molar-refractivity contribution in [2.24, 2.45) is 0 Å². The Hall–Kier alpha value is -0.830. The van der Waals surface area contributed by atoms with Gasteiger partial charge < -0.3 is 5.32 Å². The van der Waals surface area contributed by atoms with Gasteiger partial charge in [0.25, 0.3) is 0 Å². The van der Waals surface area contributed by atoms with Gasteiger partial charge in [0, 0.05) is 22.0 Å². The largest absolute Gasteiger partial charge is 0.303 e. The summed E-state index contributed by atoms with van der Waals surface area (Å²) in [7, 11) is 0. The van der Waals surface area contributed by atoms with Gasteiger partial charge in [0.05, 0.1) is 0 Å². The molecule has 1 nitrogen and oxygen atoms in total. The summed E-state index contributed by atoms with van der Waals surface area (Å²) in [5, 5.41) is 6.78. The highest BCUT2D eigenvalue weighted by Crippen LogP contribution is 2.34. The summed E-state index contributed by atoms with van der Waals surface area (Å²) in [6, 6.07) is 11.2. The van der Waals surface area contributed by atoms with Crippen LogP contribution in [0.2, 0.25) is 5.02 Å². The summed E-state index contributed by atoms with van der Waals surface area (Å²) in [5.74, 6) is 0. The molecule has 3 heteroatoms. The van der Waals surface area contributed by atoms with Crippen LogP contribution in [0.1, 0.15) is 47.9 Å². The topological polar surface area (TPSA) is 12.0 Å². The Bertz CT molecular complexity index is 563. The van der Waals surface area contributed by atoms with Gasteiger partial charge in [-0.1, -0.05) is 23.7 Å². The summed E-state index contributed by atoms with van der Waals surface area (Å²) >= 11 is 7.96. The summed E-state index contributed by atoms with van der Waals surface area (Å²) in [6.45, 7) is 2.21. The van der Waals surface area contributed by atoms with Gasteiger partial charge in [-0.15, -0.1) is 11.3 Å². The first-order valence-corrected chi connectivity index (χ1v) is 8.07. The van der Waals surface area contributed by atoms with E-state index in [4.69, 9.17) is 11.6 Å². The van der Waals surface area contributed by atoms with E-state index in [1.807, 2.05) is 23.5 Å². The highest BCUT2D eigenvalue weighted by Gasteiger charge is 2.22. The fraction of sp³-hybridized carbons (Fsp3) is 0.375. The Kier molecular flexibility index (Phi) is 3.92. The predicted molar refractivity (Wildman–Crippen MR) is 83.0 cm³/mol. The molecule has 0 radical (unpaired) electrons. The first-order valence-electron chi connectivity index (χ1n) is 6.82. The van der Waals surface area contributed by atoms with Crippen LogP contribution in [0.15, 0.2) is 35.7 Å². The Labute approximate surface area is 123 Å². The van der Waals surface area contributed by atoms with Crippen LogP contribution in [-0.4, -0.2) is 0 Å². The Morgan fingerprint density at radius 1 is 1.37 bits per heavy atom. The molecule has 1 N–H and O–H groups in total. The average molecular weight is 292 g/mol. The lowest BCUT2D eigenvalue weighted by molar-refractivity contribution is 0.418. The number of hydrogen-bond acceptors (Lipinski definition) is 2. The normalized spacial score (nSPS) is 20.0. The van der Waals surface area contributed by atoms with Crippen LogP contribution in [0, 0.1) is 0 Å². The molecular formula is C16H18ClNS. The second-order valence-corrected chi connectivity index (χ2v) is 6.62. The molecule has 1 heterocycles. The molecule has 1 aliphatic rings. The fourth-order valence-electron chi connectivity index (χ4n) is 2.83. The molecule has 0 bridgehead atoms. The molecule has 100 valence electrons. The number of aryl methyl sites for hydroxylation is 1. The fourth-order valence-corrected chi connectivity index (χ4v) is 4.02. The van der Waals surface area contributed by atoms with E-state index in [0.717, 1.165) is 5.02 Å². The number of rotatable bonds is 3. The number of fused-ring (bicyclic) bond motifs is 1. The molecule has 19 heavy (non-hydrogen) atoms. The van der Waals surface area contributed by atoms with Crippen molar-refractivity contribution in [2.75, 3.05) is 0 Å². The SMILES string of the molecule is CC(NC1CCCc2sccc21)c1cccc(Cl)c1. The van der Waals surface area contributed by atoms with E-state index >= 15 is 0 Å². The van der Waals surface area contributed by atoms with Gasteiger partial charge in [0.2, 0.25) is 0 Å². The molecule has 2 atom stereocenters. The monoisotopic (exact) mass is 291 g/mol. The molecule has 1 aliphatic carbocycles. The van der Waals surface area contributed by atoms with Crippen molar-refractivity contribution in [1.29, 1.82) is 0 Å². The first kappa shape index (κ1) is 13.2. The second-order valence-electron chi connectivity index (χ2n) is 5.19. The van der Waals surface area contributed by atoms with Crippen molar-refractivity contribution in [3.8, 4) is 0 Å². The Morgan fingerprint density at radius 3 is 3.11 bits per heavy atom. The number of hydrogen-bond donors (Lipinski definition) is 1. The van der Waals surface area contributed by atoms with Crippen LogP contribution in [0.25, 0.3) is 0 Å². The molecule has 1 aromatic carbocycles. The zero-order chi connectivity index (χ0) is 13.2. The van der Waals surface area contributed by atoms with Gasteiger partial charge in [-0.25, -0.2) is 0 Å². The van der Waals surface area contributed by atoms with E-state index in [1.54, 1.807) is 4.88 Å². The van der Waals surface area contributed by atoms with E-state index in [1.165, 1.54) is 30.4 Å². The van der Waals surface area contributed by atoms with Crippen molar-refractivity contribution in [1.82, 2.24) is 5.32 Å². The van der Waals surface area contributed by atoms with Gasteiger partial charge in [0.15, 0.2) is 0 Å². The lowest BCUT2D eigenvalue weighted by atomic mass is 9.93. The molecule has 0 saturated carbocycles. The second kappa shape index (κ2) is 5.66. The van der Waals surface area contributed by atoms with Crippen LogP contribution in [0.4, 0.5) is 0 Å². The maximum absolute atomic E-state index is 6.07. The predicted octanol–water partition coefficient (Wildman–Crippen LogP) is 5.13. The van der Waals surface area contributed by atoms with E-state index in [-0.39, 0.29) is 0 Å². The Morgan fingerprint density at radius 2 is 2.26 bits per heavy atom. The number of nitrogens with one attached hydrogen (secondary N) is 1. The molecule has 2 unspecified atom stereocenters. The van der Waals surface area contributed by atoms with Crippen LogP contribution in [0.3, 0.4) is 0 Å². The van der Waals surface area contributed by atoms with Gasteiger partial charge in [-0.3, -0.25) is 0 Å². The molecule has 0 amide bonds. The van der Waals surface area contributed by atoms with E-state index < -0.39 is 0 Å². The highest BCUT2D eigenvalue weighted by atomic mass is 35.5. The molecule has 3 rings (SSSR count). The minimum atomic E-state index is 0.328. The van der Waals surface area contributed by atoms with Crippen LogP contribution < -0.4 is 5.32 Å². The maximum Gasteiger partial charge on any atom is 0.0409 e. The van der Waals surface area contributed by atoms with Crippen molar-refractivity contribution in [3.05, 3.63) is 56.7 Å². The quantitative estimate of drug-likeness (QED) is 0.826. The van der Waals surface area contributed by atoms with Crippen molar-refractivity contribution in [2.45, 2.75) is 38.3 Å². The number of benzene rings is 1. The number of halogens is 1. The van der Waals surface area contributed by atoms with Gasteiger partial charge in [0.1, 0.15) is 0 Å². The summed E-state index contributed by atoms with van der Waals surface area (Å²) in [5.41, 5.74) is 2.76. The molecule has 0 spiro atoms. The molecule has 0 fully saturated rings. The minimum absolute atomic E-state index is 0.328. The molecule has 0 aliphatic heterocycles. The first-order chi connectivity index (χ1) is 9.24. The van der Waals surface area contributed by atoms with Crippen LogP contribution >= 0.6 is 22.9 Å². The molecule has 0 saturated heterocycles. The lowest BCUT2D eigenvalue weighted by Crippen LogP contribution is -2.27. The smallest absolute Gasteiger partial charge is 0.0409 e. The van der Waals surface area contributed by atoms with E-state index in [9.17, 15) is 0 Å². The van der Waals surface area contributed by atoms with E-state index in [2.05, 4.69) is 35.8 Å². The van der Waals surface area contributed by atoms with Crippen LogP contribution in [-0.2, 0) is 6.42 Å². The lowest BCUT2D eigenvalue weighted by Gasteiger charge is -2.27. The minimum Gasteiger partial charge on any atom is -0.303 e. The third kappa shape index (κ3) is 2.86. The van der Waals surface area contributed by atoms with Crippen molar-refractivity contribution >= 4 is 22.9 Å². The Balaban J connectivity index is 1.76. The van der Waals surface area contributed by atoms with Gasteiger partial charge in [-0.05, 0) is 60.9 Å². The molecule has 2 aromatic rings. The summed E-state index contributed by atoms with van der Waals surface area (Å²) in [6.07, 6.45) is 3.76. The van der Waals surface area contributed by atoms with Gasteiger partial charge in [-0.2, -0.15) is 0 Å². The van der Waals surface area contributed by atoms with E-state index in [0.29, 0.717) is 12.1 Å². The van der Waals surface area contributed by atoms with Crippen LogP contribution in [0.5, 0.6) is 0 Å². The van der Waals surface area contributed by atoms with Crippen molar-refractivity contribution in [3.63, 3.8) is 0 Å². The summed E-state index contributed by atoms with van der Waals surface area (Å²) < 4.78 is 0. The zero-order valence-corrected chi connectivity index (χ0v) is 12.6.